The number of anilines is 1. The van der Waals surface area contributed by atoms with Gasteiger partial charge in [-0.05, 0) is 42.0 Å². The normalized spacial score (nSPS) is 10.6. The Kier molecular flexibility index (Phi) is 4.91. The lowest BCUT2D eigenvalue weighted by Gasteiger charge is -2.06. The van der Waals surface area contributed by atoms with E-state index in [0.29, 0.717) is 28.8 Å². The molecule has 3 rings (SSSR count). The van der Waals surface area contributed by atoms with Gasteiger partial charge in [0.25, 0.3) is 5.89 Å². The molecular weight excluding hydrogens is 326 g/mol. The van der Waals surface area contributed by atoms with Gasteiger partial charge in [-0.3, -0.25) is 4.79 Å². The lowest BCUT2D eigenvalue weighted by Crippen LogP contribution is -2.14. The second-order valence-corrected chi connectivity index (χ2v) is 5.73. The zero-order chi connectivity index (χ0) is 16.9. The number of halogens is 1. The van der Waals surface area contributed by atoms with Crippen molar-refractivity contribution < 1.29 is 9.32 Å². The first-order valence-corrected chi connectivity index (χ1v) is 7.99. The second-order valence-electron chi connectivity index (χ2n) is 5.30. The van der Waals surface area contributed by atoms with Crippen LogP contribution in [-0.4, -0.2) is 16.0 Å². The number of nitrogens with zero attached hydrogens (tertiary/aromatic N) is 2. The number of aryl methyl sites for hydroxylation is 1. The Morgan fingerprint density at radius 3 is 2.46 bits per heavy atom. The van der Waals surface area contributed by atoms with Crippen LogP contribution in [0.3, 0.4) is 0 Å². The Balaban J connectivity index is 1.63. The Morgan fingerprint density at radius 1 is 1.12 bits per heavy atom. The van der Waals surface area contributed by atoms with E-state index in [4.69, 9.17) is 16.1 Å². The first-order chi connectivity index (χ1) is 11.6. The zero-order valence-electron chi connectivity index (χ0n) is 13.1. The molecule has 0 radical (unpaired) electrons. The summed E-state index contributed by atoms with van der Waals surface area (Å²) in [6.45, 7) is 1.97. The van der Waals surface area contributed by atoms with Crippen LogP contribution >= 0.6 is 11.6 Å². The van der Waals surface area contributed by atoms with Crippen molar-refractivity contribution in [1.82, 2.24) is 10.1 Å². The first kappa shape index (κ1) is 16.2. The first-order valence-electron chi connectivity index (χ1n) is 7.61. The fraction of sp³-hybridized carbons (Fsp3) is 0.167. The summed E-state index contributed by atoms with van der Waals surface area (Å²) in [6.07, 6.45) is 1.02. The van der Waals surface area contributed by atoms with Crippen molar-refractivity contribution in [3.8, 4) is 11.5 Å². The third-order valence-electron chi connectivity index (χ3n) is 3.48. The van der Waals surface area contributed by atoms with Crippen LogP contribution < -0.4 is 5.32 Å². The molecule has 0 saturated carbocycles. The predicted octanol–water partition coefficient (Wildman–Crippen LogP) is 4.13. The average molecular weight is 342 g/mol. The van der Waals surface area contributed by atoms with Crippen LogP contribution in [0, 0.1) is 0 Å². The van der Waals surface area contributed by atoms with Crippen LogP contribution in [0.25, 0.3) is 11.5 Å². The van der Waals surface area contributed by atoms with E-state index >= 15 is 0 Å². The highest BCUT2D eigenvalue weighted by Gasteiger charge is 2.08. The van der Waals surface area contributed by atoms with Crippen molar-refractivity contribution in [3.63, 3.8) is 0 Å². The van der Waals surface area contributed by atoms with Gasteiger partial charge in [0.2, 0.25) is 5.91 Å². The molecule has 0 aliphatic rings. The highest BCUT2D eigenvalue weighted by Crippen LogP contribution is 2.20. The Bertz CT molecular complexity index is 826. The lowest BCUT2D eigenvalue weighted by atomic mass is 10.1. The largest absolute Gasteiger partial charge is 0.334 e. The van der Waals surface area contributed by atoms with E-state index in [1.54, 1.807) is 12.1 Å². The van der Waals surface area contributed by atoms with Gasteiger partial charge in [0.15, 0.2) is 5.82 Å². The van der Waals surface area contributed by atoms with Crippen LogP contribution in [0.2, 0.25) is 5.02 Å². The van der Waals surface area contributed by atoms with Gasteiger partial charge in [-0.2, -0.15) is 4.98 Å². The lowest BCUT2D eigenvalue weighted by molar-refractivity contribution is -0.115. The van der Waals surface area contributed by atoms with Gasteiger partial charge in [-0.25, -0.2) is 0 Å². The van der Waals surface area contributed by atoms with E-state index in [-0.39, 0.29) is 5.91 Å². The highest BCUT2D eigenvalue weighted by atomic mass is 35.5. The summed E-state index contributed by atoms with van der Waals surface area (Å²) in [5, 5.41) is 7.39. The molecule has 0 saturated heterocycles. The standard InChI is InChI=1S/C18H16ClN3O2/c1-2-16-21-18(24-22-16)13-5-9-15(10-6-13)20-17(23)11-12-3-7-14(19)8-4-12/h3-10H,2,11H2,1H3,(H,20,23). The maximum atomic E-state index is 12.1. The summed E-state index contributed by atoms with van der Waals surface area (Å²) >= 11 is 5.84. The number of nitrogens with one attached hydrogen (secondary N) is 1. The molecule has 3 aromatic rings. The predicted molar refractivity (Wildman–Crippen MR) is 92.9 cm³/mol. The Morgan fingerprint density at radius 2 is 1.83 bits per heavy atom. The van der Waals surface area contributed by atoms with E-state index in [1.165, 1.54) is 0 Å². The minimum absolute atomic E-state index is 0.0869. The molecule has 1 heterocycles. The molecule has 1 amide bonds. The van der Waals surface area contributed by atoms with Gasteiger partial charge in [0.05, 0.1) is 6.42 Å². The fourth-order valence-corrected chi connectivity index (χ4v) is 2.33. The minimum Gasteiger partial charge on any atom is -0.334 e. The molecule has 122 valence electrons. The summed E-state index contributed by atoms with van der Waals surface area (Å²) in [5.41, 5.74) is 2.44. The molecule has 0 atom stereocenters. The van der Waals surface area contributed by atoms with Crippen molar-refractivity contribution in [2.24, 2.45) is 0 Å². The number of hydrogen-bond donors (Lipinski definition) is 1. The number of benzene rings is 2. The van der Waals surface area contributed by atoms with Crippen molar-refractivity contribution in [2.75, 3.05) is 5.32 Å². The van der Waals surface area contributed by atoms with Crippen molar-refractivity contribution >= 4 is 23.2 Å². The van der Waals surface area contributed by atoms with E-state index in [2.05, 4.69) is 15.5 Å². The molecule has 1 N–H and O–H groups in total. The van der Waals surface area contributed by atoms with E-state index in [9.17, 15) is 4.79 Å². The quantitative estimate of drug-likeness (QED) is 0.757. The number of carbonyl (C=O) groups excluding carboxylic acids is 1. The van der Waals surface area contributed by atoms with Crippen molar-refractivity contribution in [3.05, 3.63) is 64.9 Å². The molecule has 0 fully saturated rings. The topological polar surface area (TPSA) is 68.0 Å². The van der Waals surface area contributed by atoms with Crippen LogP contribution in [0.4, 0.5) is 5.69 Å². The fourth-order valence-electron chi connectivity index (χ4n) is 2.20. The Labute approximate surface area is 144 Å². The smallest absolute Gasteiger partial charge is 0.257 e. The minimum atomic E-state index is -0.0869. The van der Waals surface area contributed by atoms with Crippen LogP contribution in [0.1, 0.15) is 18.3 Å². The third kappa shape index (κ3) is 4.00. The summed E-state index contributed by atoms with van der Waals surface area (Å²) in [7, 11) is 0. The second kappa shape index (κ2) is 7.27. The molecule has 5 nitrogen and oxygen atoms in total. The van der Waals surface area contributed by atoms with E-state index < -0.39 is 0 Å². The molecule has 24 heavy (non-hydrogen) atoms. The van der Waals surface area contributed by atoms with Gasteiger partial charge < -0.3 is 9.84 Å². The van der Waals surface area contributed by atoms with Gasteiger partial charge in [-0.15, -0.1) is 0 Å². The van der Waals surface area contributed by atoms with E-state index in [1.807, 2.05) is 43.3 Å². The molecule has 1 aromatic heterocycles. The molecule has 0 bridgehead atoms. The van der Waals surface area contributed by atoms with Crippen molar-refractivity contribution in [1.29, 1.82) is 0 Å². The highest BCUT2D eigenvalue weighted by molar-refractivity contribution is 6.30. The van der Waals surface area contributed by atoms with Gasteiger partial charge >= 0.3 is 0 Å². The number of rotatable bonds is 5. The van der Waals surface area contributed by atoms with Crippen molar-refractivity contribution in [2.45, 2.75) is 19.8 Å². The average Bonchev–Trinajstić information content (AvgIpc) is 3.07. The third-order valence-corrected chi connectivity index (χ3v) is 3.73. The zero-order valence-corrected chi connectivity index (χ0v) is 13.9. The molecule has 2 aromatic carbocycles. The number of carbonyl (C=O) groups is 1. The molecule has 0 unspecified atom stereocenters. The van der Waals surface area contributed by atoms with Gasteiger partial charge in [0, 0.05) is 22.7 Å². The summed E-state index contributed by atoms with van der Waals surface area (Å²) in [6, 6.07) is 14.5. The van der Waals surface area contributed by atoms with Gasteiger partial charge in [-0.1, -0.05) is 35.8 Å². The van der Waals surface area contributed by atoms with Crippen LogP contribution in [0.15, 0.2) is 53.1 Å². The monoisotopic (exact) mass is 341 g/mol. The molecule has 0 aliphatic carbocycles. The molecule has 0 aliphatic heterocycles. The molecule has 6 heteroatoms. The van der Waals surface area contributed by atoms with E-state index in [0.717, 1.165) is 17.5 Å². The number of aromatic nitrogens is 2. The van der Waals surface area contributed by atoms with Crippen LogP contribution in [0.5, 0.6) is 0 Å². The summed E-state index contributed by atoms with van der Waals surface area (Å²) < 4.78 is 5.19. The number of hydrogen-bond acceptors (Lipinski definition) is 4. The SMILES string of the molecule is CCc1noc(-c2ccc(NC(=O)Cc3ccc(Cl)cc3)cc2)n1. The van der Waals surface area contributed by atoms with Crippen LogP contribution in [-0.2, 0) is 17.6 Å². The number of amides is 1. The summed E-state index contributed by atoms with van der Waals surface area (Å²) in [5.74, 6) is 1.06. The maximum absolute atomic E-state index is 12.1. The Hall–Kier alpha value is -2.66. The summed E-state index contributed by atoms with van der Waals surface area (Å²) in [4.78, 5) is 16.4. The molecular formula is C18H16ClN3O2. The molecule has 0 spiro atoms. The van der Waals surface area contributed by atoms with Gasteiger partial charge in [0.1, 0.15) is 0 Å². The maximum Gasteiger partial charge on any atom is 0.257 e.